The molecule has 2 N–H and O–H groups in total. The van der Waals surface area contributed by atoms with Crippen LogP contribution in [-0.2, 0) is 10.2 Å². The highest BCUT2D eigenvalue weighted by Gasteiger charge is 2.55. The molecule has 34 heavy (non-hydrogen) atoms. The van der Waals surface area contributed by atoms with E-state index in [1.165, 1.54) is 0 Å². The first kappa shape index (κ1) is 21.8. The molecule has 1 amide bonds. The number of para-hydroxylation sites is 1. The Hall–Kier alpha value is -4.05. The van der Waals surface area contributed by atoms with Gasteiger partial charge in [0, 0.05) is 16.8 Å². The Morgan fingerprint density at radius 1 is 0.706 bits per heavy atom. The summed E-state index contributed by atoms with van der Waals surface area (Å²) in [6, 6.07) is 24.8. The Kier molecular flexibility index (Phi) is 4.98. The summed E-state index contributed by atoms with van der Waals surface area (Å²) < 4.78 is 0. The maximum atomic E-state index is 14.7. The summed E-state index contributed by atoms with van der Waals surface area (Å²) >= 11 is 0. The first-order valence-corrected chi connectivity index (χ1v) is 11.4. The Bertz CT molecular complexity index is 1430. The number of aryl methyl sites for hydroxylation is 4. The summed E-state index contributed by atoms with van der Waals surface area (Å²) in [5.41, 5.74) is 5.63. The second-order valence-corrected chi connectivity index (χ2v) is 9.23. The quantitative estimate of drug-likeness (QED) is 0.383. The zero-order valence-corrected chi connectivity index (χ0v) is 19.8. The summed E-state index contributed by atoms with van der Waals surface area (Å²) in [6.45, 7) is 7.58. The van der Waals surface area contributed by atoms with Gasteiger partial charge in [0.2, 0.25) is 0 Å². The van der Waals surface area contributed by atoms with E-state index in [0.717, 1.165) is 28.1 Å². The number of rotatable bonds is 3. The molecule has 0 saturated carbocycles. The predicted octanol–water partition coefficient (Wildman–Crippen LogP) is 6.34. The van der Waals surface area contributed by atoms with E-state index in [-0.39, 0.29) is 17.4 Å². The standard InChI is InChI=1S/C30H27NO3/c1-18-8-7-9-23(14-18)31-26-11-6-5-10-24(26)30(29(31)34,25-13-12-19(2)15-27(25)32)22-16-20(3)28(33)21(4)17-22/h5-17,32-33H,1-4H3. The molecule has 4 aromatic carbocycles. The second kappa shape index (κ2) is 7.77. The average Bonchev–Trinajstić information content (AvgIpc) is 3.06. The van der Waals surface area contributed by atoms with Gasteiger partial charge in [0.05, 0.1) is 5.69 Å². The van der Waals surface area contributed by atoms with Crippen LogP contribution in [0, 0.1) is 27.7 Å². The van der Waals surface area contributed by atoms with Crippen LogP contribution in [0.5, 0.6) is 11.5 Å². The van der Waals surface area contributed by atoms with Crippen LogP contribution in [0.25, 0.3) is 0 Å². The highest BCUT2D eigenvalue weighted by Crippen LogP contribution is 2.55. The van der Waals surface area contributed by atoms with Crippen molar-refractivity contribution in [3.8, 4) is 11.5 Å². The number of hydrogen-bond donors (Lipinski definition) is 2. The molecular weight excluding hydrogens is 422 g/mol. The average molecular weight is 450 g/mol. The number of amides is 1. The van der Waals surface area contributed by atoms with Crippen LogP contribution in [0.3, 0.4) is 0 Å². The molecule has 170 valence electrons. The van der Waals surface area contributed by atoms with Crippen molar-refractivity contribution in [1.29, 1.82) is 0 Å². The normalized spacial score (nSPS) is 17.2. The monoisotopic (exact) mass is 449 g/mol. The van der Waals surface area contributed by atoms with E-state index in [4.69, 9.17) is 0 Å². The van der Waals surface area contributed by atoms with Gasteiger partial charge in [-0.2, -0.15) is 0 Å². The Balaban J connectivity index is 1.92. The molecule has 0 bridgehead atoms. The molecule has 4 aromatic rings. The van der Waals surface area contributed by atoms with Crippen molar-refractivity contribution in [2.24, 2.45) is 0 Å². The number of phenols is 2. The molecule has 1 aliphatic heterocycles. The molecule has 0 aromatic heterocycles. The number of anilines is 2. The van der Waals surface area contributed by atoms with Gasteiger partial charge in [-0.1, -0.05) is 54.6 Å². The number of hydrogen-bond acceptors (Lipinski definition) is 3. The van der Waals surface area contributed by atoms with Gasteiger partial charge in [0.25, 0.3) is 5.91 Å². The van der Waals surface area contributed by atoms with Crippen LogP contribution >= 0.6 is 0 Å². The van der Waals surface area contributed by atoms with Gasteiger partial charge in [-0.25, -0.2) is 0 Å². The van der Waals surface area contributed by atoms with Crippen molar-refractivity contribution in [2.45, 2.75) is 33.1 Å². The summed E-state index contributed by atoms with van der Waals surface area (Å²) in [4.78, 5) is 16.4. The highest BCUT2D eigenvalue weighted by atomic mass is 16.3. The molecule has 0 radical (unpaired) electrons. The van der Waals surface area contributed by atoms with Gasteiger partial charge < -0.3 is 10.2 Å². The minimum absolute atomic E-state index is 0.0672. The van der Waals surface area contributed by atoms with Gasteiger partial charge in [-0.3, -0.25) is 9.69 Å². The van der Waals surface area contributed by atoms with E-state index < -0.39 is 5.41 Å². The SMILES string of the molecule is Cc1cccc(N2C(=O)C(c3cc(C)c(O)c(C)c3)(c3ccc(C)cc3O)c3ccccc32)c1. The molecule has 0 saturated heterocycles. The van der Waals surface area contributed by atoms with Crippen molar-refractivity contribution in [2.75, 3.05) is 4.90 Å². The number of carbonyl (C=O) groups is 1. The van der Waals surface area contributed by atoms with Crippen LogP contribution in [0.2, 0.25) is 0 Å². The second-order valence-electron chi connectivity index (χ2n) is 9.23. The van der Waals surface area contributed by atoms with Crippen molar-refractivity contribution in [3.63, 3.8) is 0 Å². The van der Waals surface area contributed by atoms with Crippen LogP contribution in [0.15, 0.2) is 78.9 Å². The van der Waals surface area contributed by atoms with Crippen LogP contribution in [0.1, 0.15) is 38.9 Å². The smallest absolute Gasteiger partial charge is 0.251 e. The number of phenolic OH excluding ortho intramolecular Hbond substituents is 2. The number of aromatic hydroxyl groups is 2. The van der Waals surface area contributed by atoms with Crippen LogP contribution in [-0.4, -0.2) is 16.1 Å². The summed E-state index contributed by atoms with van der Waals surface area (Å²) in [7, 11) is 0. The van der Waals surface area contributed by atoms with Crippen molar-refractivity contribution < 1.29 is 15.0 Å². The van der Waals surface area contributed by atoms with E-state index in [1.807, 2.05) is 100 Å². The lowest BCUT2D eigenvalue weighted by molar-refractivity contribution is -0.120. The molecule has 4 heteroatoms. The Morgan fingerprint density at radius 2 is 1.38 bits per heavy atom. The lowest BCUT2D eigenvalue weighted by atomic mass is 9.69. The molecule has 1 aliphatic rings. The van der Waals surface area contributed by atoms with E-state index >= 15 is 0 Å². The highest BCUT2D eigenvalue weighted by molar-refractivity contribution is 6.17. The third-order valence-corrected chi connectivity index (χ3v) is 6.81. The molecule has 0 spiro atoms. The Morgan fingerprint density at radius 3 is 2.06 bits per heavy atom. The fraction of sp³-hybridized carbons (Fsp3) is 0.167. The fourth-order valence-corrected chi connectivity index (χ4v) is 5.23. The Labute approximate surface area is 199 Å². The van der Waals surface area contributed by atoms with Crippen LogP contribution < -0.4 is 4.90 Å². The van der Waals surface area contributed by atoms with E-state index in [9.17, 15) is 15.0 Å². The van der Waals surface area contributed by atoms with Gasteiger partial charge in [0.1, 0.15) is 16.9 Å². The molecule has 1 unspecified atom stereocenters. The summed E-state index contributed by atoms with van der Waals surface area (Å²) in [6.07, 6.45) is 0. The number of nitrogens with zero attached hydrogens (tertiary/aromatic N) is 1. The lowest BCUT2D eigenvalue weighted by Crippen LogP contribution is -2.40. The van der Waals surface area contributed by atoms with Gasteiger partial charge in [-0.05, 0) is 79.8 Å². The molecule has 4 nitrogen and oxygen atoms in total. The third kappa shape index (κ3) is 3.02. The molecule has 0 aliphatic carbocycles. The lowest BCUT2D eigenvalue weighted by Gasteiger charge is -2.32. The predicted molar refractivity (Wildman–Crippen MR) is 135 cm³/mol. The number of fused-ring (bicyclic) bond motifs is 1. The van der Waals surface area contributed by atoms with Crippen molar-refractivity contribution in [1.82, 2.24) is 0 Å². The first-order valence-electron chi connectivity index (χ1n) is 11.4. The van der Waals surface area contributed by atoms with Gasteiger partial charge in [-0.15, -0.1) is 0 Å². The maximum Gasteiger partial charge on any atom is 0.251 e. The van der Waals surface area contributed by atoms with Crippen molar-refractivity contribution >= 4 is 17.3 Å². The minimum Gasteiger partial charge on any atom is -0.508 e. The van der Waals surface area contributed by atoms with Gasteiger partial charge >= 0.3 is 0 Å². The van der Waals surface area contributed by atoms with Crippen molar-refractivity contribution in [3.05, 3.63) is 118 Å². The zero-order chi connectivity index (χ0) is 24.2. The third-order valence-electron chi connectivity index (χ3n) is 6.81. The van der Waals surface area contributed by atoms with E-state index in [2.05, 4.69) is 0 Å². The summed E-state index contributed by atoms with van der Waals surface area (Å²) in [5.74, 6) is 0.113. The number of carbonyl (C=O) groups excluding carboxylic acids is 1. The fourth-order valence-electron chi connectivity index (χ4n) is 5.23. The van der Waals surface area contributed by atoms with E-state index in [0.29, 0.717) is 22.3 Å². The van der Waals surface area contributed by atoms with E-state index in [1.54, 1.807) is 11.0 Å². The maximum absolute atomic E-state index is 14.7. The zero-order valence-electron chi connectivity index (χ0n) is 19.8. The number of benzene rings is 4. The topological polar surface area (TPSA) is 60.8 Å². The summed E-state index contributed by atoms with van der Waals surface area (Å²) in [5, 5.41) is 21.7. The first-order chi connectivity index (χ1) is 16.2. The molecule has 1 heterocycles. The molecule has 1 atom stereocenters. The largest absolute Gasteiger partial charge is 0.508 e. The van der Waals surface area contributed by atoms with Crippen LogP contribution in [0.4, 0.5) is 11.4 Å². The molecule has 0 fully saturated rings. The minimum atomic E-state index is -1.28. The molecule has 5 rings (SSSR count). The van der Waals surface area contributed by atoms with Gasteiger partial charge in [0.15, 0.2) is 0 Å². The molecular formula is C30H27NO3.